The van der Waals surface area contributed by atoms with Crippen LogP contribution in [-0.4, -0.2) is 20.0 Å². The van der Waals surface area contributed by atoms with Crippen LogP contribution in [0.4, 0.5) is 18.9 Å². The zero-order valence-corrected chi connectivity index (χ0v) is 7.81. The molecule has 0 radical (unpaired) electrons. The van der Waals surface area contributed by atoms with Crippen LogP contribution in [0.2, 0.25) is 0 Å². The van der Waals surface area contributed by atoms with Crippen LogP contribution in [0.1, 0.15) is 5.56 Å². The summed E-state index contributed by atoms with van der Waals surface area (Å²) in [6.45, 7) is 0. The van der Waals surface area contributed by atoms with Gasteiger partial charge in [-0.15, -0.1) is 5.10 Å². The molecule has 2 aromatic rings. The summed E-state index contributed by atoms with van der Waals surface area (Å²) in [5.74, 6) is -0.348. The Kier molecular flexibility index (Phi) is 2.26. The van der Waals surface area contributed by atoms with Crippen molar-refractivity contribution in [1.82, 2.24) is 20.0 Å². The molecule has 0 aliphatic heterocycles. The van der Waals surface area contributed by atoms with Gasteiger partial charge in [0.1, 0.15) is 5.56 Å². The number of anilines is 1. The number of hydrogen-bond donors (Lipinski definition) is 1. The molecule has 2 N–H and O–H groups in total. The van der Waals surface area contributed by atoms with Gasteiger partial charge in [-0.1, -0.05) is 5.21 Å². The van der Waals surface area contributed by atoms with Crippen molar-refractivity contribution in [2.45, 2.75) is 6.18 Å². The van der Waals surface area contributed by atoms with E-state index in [0.717, 1.165) is 16.9 Å². The van der Waals surface area contributed by atoms with E-state index in [1.165, 1.54) is 12.4 Å². The van der Waals surface area contributed by atoms with Crippen LogP contribution >= 0.6 is 0 Å². The molecule has 2 heterocycles. The Morgan fingerprint density at radius 3 is 2.62 bits per heavy atom. The van der Waals surface area contributed by atoms with Crippen LogP contribution in [0.25, 0.3) is 5.82 Å². The van der Waals surface area contributed by atoms with E-state index in [0.29, 0.717) is 0 Å². The van der Waals surface area contributed by atoms with Crippen LogP contribution in [0, 0.1) is 0 Å². The number of nitrogen functional groups attached to an aromatic ring is 1. The summed E-state index contributed by atoms with van der Waals surface area (Å²) in [6.07, 6.45) is -0.873. The zero-order chi connectivity index (χ0) is 11.8. The molecule has 0 bridgehead atoms. The molecule has 0 atom stereocenters. The lowest BCUT2D eigenvalue weighted by Crippen LogP contribution is -2.13. The summed E-state index contributed by atoms with van der Waals surface area (Å²) in [7, 11) is 0. The van der Waals surface area contributed by atoms with Crippen molar-refractivity contribution in [3.63, 3.8) is 0 Å². The number of nitrogens with zero attached hydrogens (tertiary/aromatic N) is 4. The van der Waals surface area contributed by atoms with Gasteiger partial charge < -0.3 is 5.73 Å². The third-order valence-corrected chi connectivity index (χ3v) is 1.83. The highest BCUT2D eigenvalue weighted by Gasteiger charge is 2.35. The maximum absolute atomic E-state index is 12.7. The molecule has 0 aliphatic rings. The molecule has 5 nitrogen and oxygen atoms in total. The highest BCUT2D eigenvalue weighted by molar-refractivity contribution is 5.46. The molecule has 0 amide bonds. The normalized spacial score (nSPS) is 11.7. The van der Waals surface area contributed by atoms with E-state index in [4.69, 9.17) is 5.73 Å². The Balaban J connectivity index is 2.62. The topological polar surface area (TPSA) is 69.6 Å². The maximum atomic E-state index is 12.7. The lowest BCUT2D eigenvalue weighted by atomic mass is 10.2. The first-order valence-electron chi connectivity index (χ1n) is 4.18. The molecular weight excluding hydrogens is 223 g/mol. The lowest BCUT2D eigenvalue weighted by Gasteiger charge is -2.11. The summed E-state index contributed by atoms with van der Waals surface area (Å²) < 4.78 is 38.9. The fraction of sp³-hybridized carbons (Fsp3) is 0.125. The van der Waals surface area contributed by atoms with Gasteiger partial charge in [-0.25, -0.2) is 9.67 Å². The van der Waals surface area contributed by atoms with E-state index in [1.807, 2.05) is 0 Å². The number of nitrogens with two attached hydrogens (primary N) is 1. The smallest absolute Gasteiger partial charge is 0.397 e. The minimum absolute atomic E-state index is 0.0591. The van der Waals surface area contributed by atoms with E-state index in [2.05, 4.69) is 15.3 Å². The molecule has 0 spiro atoms. The fourth-order valence-electron chi connectivity index (χ4n) is 1.19. The highest BCUT2D eigenvalue weighted by Crippen LogP contribution is 2.33. The molecule has 0 saturated carbocycles. The second kappa shape index (κ2) is 3.47. The number of halogens is 3. The summed E-state index contributed by atoms with van der Waals surface area (Å²) in [4.78, 5) is 3.60. The van der Waals surface area contributed by atoms with Gasteiger partial charge in [0.2, 0.25) is 0 Å². The molecule has 0 saturated heterocycles. The van der Waals surface area contributed by atoms with Crippen molar-refractivity contribution in [2.75, 3.05) is 5.73 Å². The van der Waals surface area contributed by atoms with Gasteiger partial charge in [0.25, 0.3) is 0 Å². The first-order valence-corrected chi connectivity index (χ1v) is 4.18. The van der Waals surface area contributed by atoms with Gasteiger partial charge in [-0.05, 0) is 6.07 Å². The van der Waals surface area contributed by atoms with Gasteiger partial charge in [0, 0.05) is 0 Å². The minimum Gasteiger partial charge on any atom is -0.397 e. The summed E-state index contributed by atoms with van der Waals surface area (Å²) in [5.41, 5.74) is 4.26. The number of pyridine rings is 1. The van der Waals surface area contributed by atoms with Gasteiger partial charge in [0.05, 0.1) is 24.3 Å². The molecule has 0 fully saturated rings. The van der Waals surface area contributed by atoms with Crippen LogP contribution in [0.15, 0.2) is 24.7 Å². The Morgan fingerprint density at radius 1 is 1.31 bits per heavy atom. The largest absolute Gasteiger partial charge is 0.420 e. The summed E-state index contributed by atoms with van der Waals surface area (Å²) in [5, 5.41) is 6.87. The first kappa shape index (κ1) is 10.4. The molecule has 0 unspecified atom stereocenters. The Labute approximate surface area is 87.7 Å². The van der Waals surface area contributed by atoms with Gasteiger partial charge in [-0.3, -0.25) is 0 Å². The van der Waals surface area contributed by atoms with Crippen molar-refractivity contribution in [3.05, 3.63) is 30.2 Å². The number of hydrogen-bond acceptors (Lipinski definition) is 4. The number of alkyl halides is 3. The van der Waals surface area contributed by atoms with Crippen molar-refractivity contribution in [2.24, 2.45) is 0 Å². The average molecular weight is 229 g/mol. The molecule has 84 valence electrons. The molecular formula is C8H6F3N5. The van der Waals surface area contributed by atoms with Crippen LogP contribution < -0.4 is 5.73 Å². The molecule has 2 aromatic heterocycles. The summed E-state index contributed by atoms with van der Waals surface area (Å²) >= 11 is 0. The van der Waals surface area contributed by atoms with Gasteiger partial charge in [0.15, 0.2) is 5.82 Å². The monoisotopic (exact) mass is 229 g/mol. The zero-order valence-electron chi connectivity index (χ0n) is 7.81. The molecule has 0 aromatic carbocycles. The average Bonchev–Trinajstić information content (AvgIpc) is 2.69. The van der Waals surface area contributed by atoms with Crippen LogP contribution in [-0.2, 0) is 6.18 Å². The predicted molar refractivity (Wildman–Crippen MR) is 48.6 cm³/mol. The Bertz CT molecular complexity index is 491. The molecule has 16 heavy (non-hydrogen) atoms. The standard InChI is InChI=1S/C8H6F3N5/c9-8(10,11)6-3-5(12)4-13-7(6)16-2-1-14-15-16/h1-4H,12H2. The Morgan fingerprint density at radius 2 is 2.06 bits per heavy atom. The van der Waals surface area contributed by atoms with E-state index in [-0.39, 0.29) is 11.5 Å². The van der Waals surface area contributed by atoms with E-state index in [9.17, 15) is 13.2 Å². The second-order valence-corrected chi connectivity index (χ2v) is 2.99. The number of rotatable bonds is 1. The third-order valence-electron chi connectivity index (χ3n) is 1.83. The van der Waals surface area contributed by atoms with E-state index in [1.54, 1.807) is 0 Å². The van der Waals surface area contributed by atoms with Crippen molar-refractivity contribution < 1.29 is 13.2 Å². The molecule has 2 rings (SSSR count). The number of aromatic nitrogens is 4. The minimum atomic E-state index is -4.54. The van der Waals surface area contributed by atoms with Crippen LogP contribution in [0.3, 0.4) is 0 Å². The van der Waals surface area contributed by atoms with Crippen LogP contribution in [0.5, 0.6) is 0 Å². The van der Waals surface area contributed by atoms with Crippen molar-refractivity contribution in [3.8, 4) is 5.82 Å². The van der Waals surface area contributed by atoms with Crippen molar-refractivity contribution in [1.29, 1.82) is 0 Å². The molecule has 8 heteroatoms. The van der Waals surface area contributed by atoms with Crippen molar-refractivity contribution >= 4 is 5.69 Å². The second-order valence-electron chi connectivity index (χ2n) is 2.99. The van der Waals surface area contributed by atoms with E-state index < -0.39 is 11.7 Å². The lowest BCUT2D eigenvalue weighted by molar-refractivity contribution is -0.137. The SMILES string of the molecule is Nc1cnc(-n2ccnn2)c(C(F)(F)F)c1. The molecule has 0 aliphatic carbocycles. The van der Waals surface area contributed by atoms with Gasteiger partial charge in [-0.2, -0.15) is 13.2 Å². The predicted octanol–water partition coefficient (Wildman–Crippen LogP) is 1.26. The highest BCUT2D eigenvalue weighted by atomic mass is 19.4. The van der Waals surface area contributed by atoms with E-state index >= 15 is 0 Å². The van der Waals surface area contributed by atoms with Gasteiger partial charge >= 0.3 is 6.18 Å². The quantitative estimate of drug-likeness (QED) is 0.799. The Hall–Kier alpha value is -2.12. The third kappa shape index (κ3) is 1.81. The first-order chi connectivity index (χ1) is 7.48. The summed E-state index contributed by atoms with van der Waals surface area (Å²) in [6, 6.07) is 0.810. The maximum Gasteiger partial charge on any atom is 0.420 e. The fourth-order valence-corrected chi connectivity index (χ4v) is 1.19.